The lowest BCUT2D eigenvalue weighted by molar-refractivity contribution is -0.143. The maximum absolute atomic E-state index is 13.4. The van der Waals surface area contributed by atoms with Gasteiger partial charge >= 0.3 is 5.97 Å². The van der Waals surface area contributed by atoms with E-state index in [1.807, 2.05) is 71.6 Å². The van der Waals surface area contributed by atoms with Crippen molar-refractivity contribution in [3.05, 3.63) is 103 Å². The minimum absolute atomic E-state index is 0.0140. The van der Waals surface area contributed by atoms with Crippen LogP contribution in [-0.4, -0.2) is 51.1 Å². The molecule has 196 valence electrons. The standard InChI is InChI=1S/C30H28N6O3/c1-30(28(38)39,19-36(22-9-5-3-6-10-22)23-11-7-4-8-12-23)35-27(37)20-13-14-24-21(17-20)18-26(33-24)25-15-16-32-29(31-2)34-25/h3-18,33H,19H2,1-2H3,(H,35,37)(H,38,39)(H,31,32,34). The summed E-state index contributed by atoms with van der Waals surface area (Å²) in [5.41, 5.74) is 2.70. The number of carbonyl (C=O) groups excluding carboxylic acids is 1. The fourth-order valence-corrected chi connectivity index (χ4v) is 4.39. The molecule has 0 saturated heterocycles. The Kier molecular flexibility index (Phi) is 6.96. The van der Waals surface area contributed by atoms with Gasteiger partial charge in [0, 0.05) is 41.1 Å². The Morgan fingerprint density at radius 2 is 1.62 bits per heavy atom. The lowest BCUT2D eigenvalue weighted by Crippen LogP contribution is -2.58. The molecule has 0 aliphatic rings. The van der Waals surface area contributed by atoms with Gasteiger partial charge in [-0.2, -0.15) is 0 Å². The average Bonchev–Trinajstić information content (AvgIpc) is 3.40. The van der Waals surface area contributed by atoms with Crippen LogP contribution in [0.5, 0.6) is 0 Å². The first-order valence-corrected chi connectivity index (χ1v) is 12.4. The number of nitrogens with zero attached hydrogens (tertiary/aromatic N) is 3. The Morgan fingerprint density at radius 1 is 0.949 bits per heavy atom. The third-order valence-corrected chi connectivity index (χ3v) is 6.51. The Morgan fingerprint density at radius 3 is 2.23 bits per heavy atom. The third-order valence-electron chi connectivity index (χ3n) is 6.51. The first-order chi connectivity index (χ1) is 18.9. The molecule has 9 nitrogen and oxygen atoms in total. The zero-order valence-electron chi connectivity index (χ0n) is 21.6. The van der Waals surface area contributed by atoms with Crippen molar-refractivity contribution in [3.8, 4) is 11.4 Å². The number of benzene rings is 3. The van der Waals surface area contributed by atoms with Crippen LogP contribution >= 0.6 is 0 Å². The zero-order valence-corrected chi connectivity index (χ0v) is 21.6. The van der Waals surface area contributed by atoms with E-state index < -0.39 is 17.4 Å². The van der Waals surface area contributed by atoms with Crippen LogP contribution in [0.15, 0.2) is 97.2 Å². The monoisotopic (exact) mass is 520 g/mol. The minimum Gasteiger partial charge on any atom is -0.479 e. The number of carboxylic acids is 1. The first-order valence-electron chi connectivity index (χ1n) is 12.4. The number of aliphatic carboxylic acids is 1. The van der Waals surface area contributed by atoms with Crippen molar-refractivity contribution in [2.24, 2.45) is 0 Å². The number of fused-ring (bicyclic) bond motifs is 1. The van der Waals surface area contributed by atoms with E-state index in [-0.39, 0.29) is 6.54 Å². The lowest BCUT2D eigenvalue weighted by Gasteiger charge is -2.34. The molecule has 0 aliphatic carbocycles. The average molecular weight is 521 g/mol. The van der Waals surface area contributed by atoms with Crippen LogP contribution in [0, 0.1) is 0 Å². The van der Waals surface area contributed by atoms with Crippen molar-refractivity contribution in [1.29, 1.82) is 0 Å². The van der Waals surface area contributed by atoms with Gasteiger partial charge in [0.05, 0.1) is 17.9 Å². The topological polar surface area (TPSA) is 123 Å². The van der Waals surface area contributed by atoms with Crippen LogP contribution < -0.4 is 15.5 Å². The van der Waals surface area contributed by atoms with E-state index in [1.54, 1.807) is 37.5 Å². The van der Waals surface area contributed by atoms with Crippen LogP contribution in [0.1, 0.15) is 17.3 Å². The van der Waals surface area contributed by atoms with Gasteiger partial charge in [0.15, 0.2) is 5.54 Å². The summed E-state index contributed by atoms with van der Waals surface area (Å²) in [5.74, 6) is -1.12. The number of carboxylic acid groups (broad SMARTS) is 1. The van der Waals surface area contributed by atoms with Gasteiger partial charge in [0.25, 0.3) is 5.91 Å². The number of carbonyl (C=O) groups is 2. The summed E-state index contributed by atoms with van der Waals surface area (Å²) < 4.78 is 0. The molecule has 1 amide bonds. The quantitative estimate of drug-likeness (QED) is 0.214. The van der Waals surface area contributed by atoms with E-state index in [1.165, 1.54) is 6.92 Å². The summed E-state index contributed by atoms with van der Waals surface area (Å²) in [6.45, 7) is 1.54. The van der Waals surface area contributed by atoms with Crippen molar-refractivity contribution < 1.29 is 14.7 Å². The zero-order chi connectivity index (χ0) is 27.4. The van der Waals surface area contributed by atoms with Crippen LogP contribution in [0.3, 0.4) is 0 Å². The molecule has 5 aromatic rings. The largest absolute Gasteiger partial charge is 0.479 e. The fraction of sp³-hybridized carbons (Fsp3) is 0.133. The predicted molar refractivity (Wildman–Crippen MR) is 152 cm³/mol. The summed E-state index contributed by atoms with van der Waals surface area (Å²) in [6.07, 6.45) is 1.67. The Labute approximate surface area is 225 Å². The maximum atomic E-state index is 13.4. The number of aromatic amines is 1. The van der Waals surface area contributed by atoms with Crippen LogP contribution in [-0.2, 0) is 4.79 Å². The summed E-state index contributed by atoms with van der Waals surface area (Å²) in [4.78, 5) is 39.7. The highest BCUT2D eigenvalue weighted by atomic mass is 16.4. The molecule has 0 saturated carbocycles. The van der Waals surface area contributed by atoms with Crippen molar-refractivity contribution in [2.45, 2.75) is 12.5 Å². The number of hydrogen-bond acceptors (Lipinski definition) is 6. The number of hydrogen-bond donors (Lipinski definition) is 4. The molecule has 0 radical (unpaired) electrons. The van der Waals surface area contributed by atoms with Gasteiger partial charge in [-0.25, -0.2) is 14.8 Å². The normalized spacial score (nSPS) is 12.5. The van der Waals surface area contributed by atoms with Crippen molar-refractivity contribution in [2.75, 3.05) is 23.8 Å². The van der Waals surface area contributed by atoms with Gasteiger partial charge in [-0.05, 0) is 61.5 Å². The molecule has 5 rings (SSSR count). The number of anilines is 3. The number of aromatic nitrogens is 3. The molecule has 2 heterocycles. The molecule has 0 bridgehead atoms. The highest BCUT2D eigenvalue weighted by Gasteiger charge is 2.38. The molecule has 2 aromatic heterocycles. The third kappa shape index (κ3) is 5.42. The molecule has 9 heteroatoms. The van der Waals surface area contributed by atoms with E-state index in [0.29, 0.717) is 17.2 Å². The molecule has 0 aliphatic heterocycles. The van der Waals surface area contributed by atoms with E-state index in [0.717, 1.165) is 28.0 Å². The highest BCUT2D eigenvalue weighted by Crippen LogP contribution is 2.28. The maximum Gasteiger partial charge on any atom is 0.331 e. The van der Waals surface area contributed by atoms with Gasteiger partial charge in [-0.15, -0.1) is 0 Å². The second kappa shape index (κ2) is 10.7. The van der Waals surface area contributed by atoms with Gasteiger partial charge < -0.3 is 25.6 Å². The van der Waals surface area contributed by atoms with Gasteiger partial charge in [0.1, 0.15) is 0 Å². The van der Waals surface area contributed by atoms with Crippen LogP contribution in [0.2, 0.25) is 0 Å². The molecule has 39 heavy (non-hydrogen) atoms. The van der Waals surface area contributed by atoms with E-state index >= 15 is 0 Å². The number of H-pyrrole nitrogens is 1. The summed E-state index contributed by atoms with van der Waals surface area (Å²) in [7, 11) is 1.75. The molecule has 3 aromatic carbocycles. The van der Waals surface area contributed by atoms with Gasteiger partial charge in [0.2, 0.25) is 5.95 Å². The van der Waals surface area contributed by atoms with E-state index in [9.17, 15) is 14.7 Å². The van der Waals surface area contributed by atoms with Crippen molar-refractivity contribution in [1.82, 2.24) is 20.3 Å². The van der Waals surface area contributed by atoms with Crippen LogP contribution in [0.25, 0.3) is 22.3 Å². The summed E-state index contributed by atoms with van der Waals surface area (Å²) in [5, 5.41) is 16.7. The smallest absolute Gasteiger partial charge is 0.331 e. The SMILES string of the molecule is CNc1nccc(-c2cc3cc(C(=O)NC(C)(CN(c4ccccc4)c4ccccc4)C(=O)O)ccc3[nH]2)n1. The van der Waals surface area contributed by atoms with E-state index in [2.05, 4.69) is 25.6 Å². The van der Waals surface area contributed by atoms with Crippen molar-refractivity contribution in [3.63, 3.8) is 0 Å². The van der Waals surface area contributed by atoms with E-state index in [4.69, 9.17) is 0 Å². The molecule has 0 spiro atoms. The predicted octanol–water partition coefficient (Wildman–Crippen LogP) is 5.08. The minimum atomic E-state index is -1.59. The lowest BCUT2D eigenvalue weighted by atomic mass is 9.99. The molecular weight excluding hydrogens is 492 g/mol. The Balaban J connectivity index is 1.42. The molecule has 0 fully saturated rings. The van der Waals surface area contributed by atoms with Gasteiger partial charge in [-0.1, -0.05) is 36.4 Å². The van der Waals surface area contributed by atoms with Gasteiger partial charge in [-0.3, -0.25) is 4.79 Å². The number of para-hydroxylation sites is 2. The Hall–Kier alpha value is -5.18. The Bertz CT molecular complexity index is 1580. The fourth-order valence-electron chi connectivity index (χ4n) is 4.39. The number of amides is 1. The first kappa shape index (κ1) is 25.5. The molecule has 1 unspecified atom stereocenters. The number of nitrogens with one attached hydrogen (secondary N) is 3. The summed E-state index contributed by atoms with van der Waals surface area (Å²) >= 11 is 0. The highest BCUT2D eigenvalue weighted by molar-refractivity contribution is 6.01. The molecule has 1 atom stereocenters. The number of rotatable bonds is 9. The molecule has 4 N–H and O–H groups in total. The van der Waals surface area contributed by atoms with Crippen molar-refractivity contribution >= 4 is 40.1 Å². The molecular formula is C30H28N6O3. The second-order valence-electron chi connectivity index (χ2n) is 9.35. The summed E-state index contributed by atoms with van der Waals surface area (Å²) in [6, 6.07) is 27.9. The second-order valence-corrected chi connectivity index (χ2v) is 9.35. The van der Waals surface area contributed by atoms with Crippen LogP contribution in [0.4, 0.5) is 17.3 Å².